The molecule has 0 atom stereocenters. The van der Waals surface area contributed by atoms with Crippen LogP contribution in [0, 0.1) is 0 Å². The topological polar surface area (TPSA) is 0 Å². The van der Waals surface area contributed by atoms with E-state index in [0.717, 1.165) is 0 Å². The van der Waals surface area contributed by atoms with Gasteiger partial charge in [0.2, 0.25) is 0 Å². The summed E-state index contributed by atoms with van der Waals surface area (Å²) in [6.07, 6.45) is 9.52. The Labute approximate surface area is 141 Å². The summed E-state index contributed by atoms with van der Waals surface area (Å²) in [5.41, 5.74) is 1.37. The lowest BCUT2D eigenvalue weighted by Gasteiger charge is -2.00. The van der Waals surface area contributed by atoms with Crippen molar-refractivity contribution in [3.63, 3.8) is 0 Å². The van der Waals surface area contributed by atoms with Gasteiger partial charge in [0.1, 0.15) is 0 Å². The molecule has 0 bridgehead atoms. The maximum Gasteiger partial charge on any atom is 0.0349 e. The number of hydrogen-bond donors (Lipinski definition) is 0. The van der Waals surface area contributed by atoms with Crippen molar-refractivity contribution >= 4 is 32.8 Å². The Morgan fingerprint density at radius 1 is 0.864 bits per heavy atom. The molecular weight excluding hydrogens is 304 g/mol. The molecule has 0 amide bonds. The average molecular weight is 329 g/mol. The molecule has 2 heterocycles. The number of fused-ring (bicyclic) bond motifs is 1. The molecule has 0 unspecified atom stereocenters. The van der Waals surface area contributed by atoms with E-state index in [1.165, 1.54) is 70.3 Å². The van der Waals surface area contributed by atoms with Gasteiger partial charge in [-0.25, -0.2) is 0 Å². The molecule has 0 fully saturated rings. The third kappa shape index (κ3) is 3.99. The maximum atomic E-state index is 2.33. The van der Waals surface area contributed by atoms with Gasteiger partial charge in [0.25, 0.3) is 0 Å². The molecule has 22 heavy (non-hydrogen) atoms. The molecule has 3 aromatic rings. The minimum absolute atomic E-state index is 1.25. The molecule has 0 aliphatic rings. The van der Waals surface area contributed by atoms with Crippen molar-refractivity contribution in [1.82, 2.24) is 0 Å². The number of benzene rings is 1. The van der Waals surface area contributed by atoms with E-state index in [0.29, 0.717) is 0 Å². The van der Waals surface area contributed by atoms with Gasteiger partial charge in [-0.3, -0.25) is 0 Å². The molecule has 0 nitrogen and oxygen atoms in total. The van der Waals surface area contributed by atoms with Gasteiger partial charge in [-0.15, -0.1) is 22.7 Å². The number of thiophene rings is 2. The molecular formula is C20H24S2. The van der Waals surface area contributed by atoms with E-state index in [2.05, 4.69) is 48.7 Å². The van der Waals surface area contributed by atoms with Crippen molar-refractivity contribution < 1.29 is 0 Å². The van der Waals surface area contributed by atoms with Crippen LogP contribution in [0.25, 0.3) is 20.5 Å². The Morgan fingerprint density at radius 3 is 2.64 bits per heavy atom. The molecule has 3 rings (SSSR count). The van der Waals surface area contributed by atoms with Gasteiger partial charge in [-0.1, -0.05) is 51.2 Å². The first kappa shape index (κ1) is 15.8. The summed E-state index contributed by atoms with van der Waals surface area (Å²) in [6.45, 7) is 2.28. The molecule has 0 saturated heterocycles. The highest BCUT2D eigenvalue weighted by molar-refractivity contribution is 7.17. The highest BCUT2D eigenvalue weighted by Gasteiger charge is 2.05. The number of unbranched alkanes of at least 4 members (excludes halogenated alkanes) is 5. The fraction of sp³-hybridized carbons (Fsp3) is 0.400. The van der Waals surface area contributed by atoms with Crippen LogP contribution in [-0.2, 0) is 6.42 Å². The lowest BCUT2D eigenvalue weighted by molar-refractivity contribution is 0.609. The molecule has 0 radical (unpaired) electrons. The van der Waals surface area contributed by atoms with E-state index in [9.17, 15) is 0 Å². The number of rotatable bonds is 8. The quantitative estimate of drug-likeness (QED) is 0.375. The maximum absolute atomic E-state index is 2.33. The van der Waals surface area contributed by atoms with Gasteiger partial charge in [0.15, 0.2) is 0 Å². The molecule has 0 N–H and O–H groups in total. The molecule has 0 aliphatic carbocycles. The molecule has 0 aliphatic heterocycles. The molecule has 2 heteroatoms. The summed E-state index contributed by atoms with van der Waals surface area (Å²) in [5, 5.41) is 3.53. The summed E-state index contributed by atoms with van der Waals surface area (Å²) in [7, 11) is 0. The van der Waals surface area contributed by atoms with E-state index in [1.807, 2.05) is 22.7 Å². The molecule has 2 aromatic heterocycles. The Balaban J connectivity index is 1.56. The van der Waals surface area contributed by atoms with E-state index < -0.39 is 0 Å². The van der Waals surface area contributed by atoms with Crippen molar-refractivity contribution in [3.8, 4) is 10.4 Å². The van der Waals surface area contributed by atoms with Gasteiger partial charge in [0.05, 0.1) is 0 Å². The second kappa shape index (κ2) is 7.94. The molecule has 0 spiro atoms. The SMILES string of the molecule is CCCCCCCCc1ccc(-c2ccc3ccsc3c2)s1. The monoisotopic (exact) mass is 328 g/mol. The summed E-state index contributed by atoms with van der Waals surface area (Å²) >= 11 is 3.80. The van der Waals surface area contributed by atoms with Crippen LogP contribution in [-0.4, -0.2) is 0 Å². The highest BCUT2D eigenvalue weighted by Crippen LogP contribution is 2.32. The third-order valence-electron chi connectivity index (χ3n) is 4.18. The normalized spacial score (nSPS) is 11.3. The fourth-order valence-corrected chi connectivity index (χ4v) is 4.73. The van der Waals surface area contributed by atoms with Crippen molar-refractivity contribution in [3.05, 3.63) is 46.7 Å². The zero-order valence-corrected chi connectivity index (χ0v) is 14.9. The van der Waals surface area contributed by atoms with E-state index >= 15 is 0 Å². The van der Waals surface area contributed by atoms with Crippen molar-refractivity contribution in [2.24, 2.45) is 0 Å². The van der Waals surface area contributed by atoms with Crippen LogP contribution in [0.5, 0.6) is 0 Å². The van der Waals surface area contributed by atoms with E-state index in [4.69, 9.17) is 0 Å². The predicted octanol–water partition coefficient (Wildman–Crippen LogP) is 7.53. The molecule has 0 saturated carbocycles. The lowest BCUT2D eigenvalue weighted by atomic mass is 10.1. The Kier molecular flexibility index (Phi) is 5.69. The zero-order valence-electron chi connectivity index (χ0n) is 13.3. The Morgan fingerprint density at radius 2 is 1.73 bits per heavy atom. The minimum Gasteiger partial charge on any atom is -0.144 e. The van der Waals surface area contributed by atoms with Gasteiger partial charge in [-0.2, -0.15) is 0 Å². The van der Waals surface area contributed by atoms with Gasteiger partial charge < -0.3 is 0 Å². The van der Waals surface area contributed by atoms with Crippen molar-refractivity contribution in [2.45, 2.75) is 51.9 Å². The van der Waals surface area contributed by atoms with Gasteiger partial charge >= 0.3 is 0 Å². The number of aryl methyl sites for hydroxylation is 1. The predicted molar refractivity (Wildman–Crippen MR) is 102 cm³/mol. The van der Waals surface area contributed by atoms with Crippen LogP contribution in [0.1, 0.15) is 50.3 Å². The first-order valence-corrected chi connectivity index (χ1v) is 10.1. The first-order valence-electron chi connectivity index (χ1n) is 8.43. The smallest absolute Gasteiger partial charge is 0.0349 e. The van der Waals surface area contributed by atoms with E-state index in [-0.39, 0.29) is 0 Å². The highest BCUT2D eigenvalue weighted by atomic mass is 32.1. The Bertz CT molecular complexity index is 705. The van der Waals surface area contributed by atoms with Gasteiger partial charge in [-0.05, 0) is 53.4 Å². The van der Waals surface area contributed by atoms with Crippen LogP contribution in [0.15, 0.2) is 41.8 Å². The van der Waals surface area contributed by atoms with Crippen molar-refractivity contribution in [2.75, 3.05) is 0 Å². The van der Waals surface area contributed by atoms with Crippen LogP contribution >= 0.6 is 22.7 Å². The van der Waals surface area contributed by atoms with Crippen LogP contribution in [0.3, 0.4) is 0 Å². The standard InChI is InChI=1S/C20H24S2/c1-2-3-4-5-6-7-8-18-11-12-19(22-18)17-10-9-16-13-14-21-20(16)15-17/h9-15H,2-8H2,1H3. The van der Waals surface area contributed by atoms with Crippen LogP contribution in [0.2, 0.25) is 0 Å². The molecule has 1 aromatic carbocycles. The summed E-state index contributed by atoms with van der Waals surface area (Å²) in [5.74, 6) is 0. The van der Waals surface area contributed by atoms with Gasteiger partial charge in [0, 0.05) is 14.5 Å². The van der Waals surface area contributed by atoms with Crippen molar-refractivity contribution in [1.29, 1.82) is 0 Å². The van der Waals surface area contributed by atoms with Crippen LogP contribution in [0.4, 0.5) is 0 Å². The average Bonchev–Trinajstić information content (AvgIpc) is 3.18. The summed E-state index contributed by atoms with van der Waals surface area (Å²) in [6, 6.07) is 13.7. The minimum atomic E-state index is 1.25. The summed E-state index contributed by atoms with van der Waals surface area (Å²) in [4.78, 5) is 2.95. The Hall–Kier alpha value is -1.12. The second-order valence-electron chi connectivity index (χ2n) is 5.96. The second-order valence-corrected chi connectivity index (χ2v) is 8.07. The summed E-state index contributed by atoms with van der Waals surface area (Å²) < 4.78 is 1.39. The lowest BCUT2D eigenvalue weighted by Crippen LogP contribution is -1.82. The third-order valence-corrected chi connectivity index (χ3v) is 6.25. The largest absolute Gasteiger partial charge is 0.144 e. The number of hydrogen-bond acceptors (Lipinski definition) is 2. The zero-order chi connectivity index (χ0) is 15.2. The van der Waals surface area contributed by atoms with Crippen LogP contribution < -0.4 is 0 Å². The molecule has 116 valence electrons. The first-order chi connectivity index (χ1) is 10.9. The van der Waals surface area contributed by atoms with E-state index in [1.54, 1.807) is 0 Å². The fourth-order valence-electron chi connectivity index (χ4n) is 2.86.